The van der Waals surface area contributed by atoms with Gasteiger partial charge in [-0.2, -0.15) is 0 Å². The second kappa shape index (κ2) is 5.92. The first-order valence-electron chi connectivity index (χ1n) is 5.82. The maximum absolute atomic E-state index is 12.1. The minimum Gasteiger partial charge on any atom is -0.505 e. The van der Waals surface area contributed by atoms with Crippen molar-refractivity contribution >= 4 is 11.6 Å². The van der Waals surface area contributed by atoms with Crippen LogP contribution in [0.4, 0.5) is 5.69 Å². The minimum absolute atomic E-state index is 0.137. The number of carbonyl (C=O) groups excluding carboxylic acids is 1. The SMILES string of the molecule is COc1ccc(NC(=O)c2ccncc2O)c(OC)c1. The van der Waals surface area contributed by atoms with Crippen molar-refractivity contribution in [2.45, 2.75) is 0 Å². The lowest BCUT2D eigenvalue weighted by Crippen LogP contribution is -2.13. The van der Waals surface area contributed by atoms with Crippen LogP contribution < -0.4 is 14.8 Å². The quantitative estimate of drug-likeness (QED) is 0.892. The molecule has 2 rings (SSSR count). The number of amides is 1. The zero-order valence-electron chi connectivity index (χ0n) is 11.1. The Labute approximate surface area is 116 Å². The highest BCUT2D eigenvalue weighted by molar-refractivity contribution is 6.06. The Hall–Kier alpha value is -2.76. The van der Waals surface area contributed by atoms with Crippen LogP contribution in [0.25, 0.3) is 0 Å². The summed E-state index contributed by atoms with van der Waals surface area (Å²) >= 11 is 0. The number of methoxy groups -OCH3 is 2. The van der Waals surface area contributed by atoms with Crippen molar-refractivity contribution < 1.29 is 19.4 Å². The molecule has 0 saturated heterocycles. The Bertz CT molecular complexity index is 628. The predicted octanol–water partition coefficient (Wildman–Crippen LogP) is 2.06. The first-order chi connectivity index (χ1) is 9.65. The van der Waals surface area contributed by atoms with E-state index in [2.05, 4.69) is 10.3 Å². The number of hydrogen-bond acceptors (Lipinski definition) is 5. The summed E-state index contributed by atoms with van der Waals surface area (Å²) in [7, 11) is 3.04. The molecule has 0 bridgehead atoms. The van der Waals surface area contributed by atoms with Gasteiger partial charge in [0.2, 0.25) is 0 Å². The fourth-order valence-corrected chi connectivity index (χ4v) is 1.67. The Morgan fingerprint density at radius 1 is 1.25 bits per heavy atom. The van der Waals surface area contributed by atoms with Gasteiger partial charge in [0, 0.05) is 12.3 Å². The van der Waals surface area contributed by atoms with Crippen molar-refractivity contribution in [3.05, 3.63) is 42.2 Å². The van der Waals surface area contributed by atoms with Crippen LogP contribution in [0, 0.1) is 0 Å². The summed E-state index contributed by atoms with van der Waals surface area (Å²) in [5.74, 6) is 0.448. The van der Waals surface area contributed by atoms with E-state index in [-0.39, 0.29) is 11.3 Å². The van der Waals surface area contributed by atoms with E-state index in [4.69, 9.17) is 9.47 Å². The van der Waals surface area contributed by atoms with Crippen molar-refractivity contribution in [2.75, 3.05) is 19.5 Å². The largest absolute Gasteiger partial charge is 0.505 e. The van der Waals surface area contributed by atoms with Gasteiger partial charge in [0.1, 0.15) is 17.2 Å². The van der Waals surface area contributed by atoms with E-state index in [1.54, 1.807) is 25.3 Å². The van der Waals surface area contributed by atoms with Gasteiger partial charge in [-0.25, -0.2) is 0 Å². The summed E-state index contributed by atoms with van der Waals surface area (Å²) in [4.78, 5) is 15.8. The summed E-state index contributed by atoms with van der Waals surface area (Å²) in [6, 6.07) is 6.45. The van der Waals surface area contributed by atoms with Gasteiger partial charge in [-0.1, -0.05) is 0 Å². The molecule has 20 heavy (non-hydrogen) atoms. The molecule has 6 heteroatoms. The van der Waals surface area contributed by atoms with Crippen LogP contribution in [0.5, 0.6) is 17.2 Å². The van der Waals surface area contributed by atoms with E-state index >= 15 is 0 Å². The van der Waals surface area contributed by atoms with Crippen LogP contribution in [-0.4, -0.2) is 30.2 Å². The van der Waals surface area contributed by atoms with Crippen LogP contribution >= 0.6 is 0 Å². The van der Waals surface area contributed by atoms with E-state index in [9.17, 15) is 9.90 Å². The number of hydrogen-bond donors (Lipinski definition) is 2. The lowest BCUT2D eigenvalue weighted by Gasteiger charge is -2.12. The summed E-state index contributed by atoms with van der Waals surface area (Å²) in [5.41, 5.74) is 0.618. The third kappa shape index (κ3) is 2.80. The molecule has 6 nitrogen and oxygen atoms in total. The standard InChI is InChI=1S/C14H14N2O4/c1-19-9-3-4-11(13(7-9)20-2)16-14(18)10-5-6-15-8-12(10)17/h3-8,17H,1-2H3,(H,16,18). The van der Waals surface area contributed by atoms with Gasteiger partial charge in [-0.15, -0.1) is 0 Å². The molecule has 1 amide bonds. The number of nitrogens with one attached hydrogen (secondary N) is 1. The van der Waals surface area contributed by atoms with Crippen molar-refractivity contribution in [3.8, 4) is 17.2 Å². The molecule has 0 radical (unpaired) electrons. The van der Waals surface area contributed by atoms with Crippen molar-refractivity contribution in [1.29, 1.82) is 0 Å². The molecule has 0 unspecified atom stereocenters. The molecule has 2 N–H and O–H groups in total. The molecule has 104 valence electrons. The number of aromatic hydroxyl groups is 1. The number of nitrogens with zero attached hydrogens (tertiary/aromatic N) is 1. The summed E-state index contributed by atoms with van der Waals surface area (Å²) < 4.78 is 10.3. The monoisotopic (exact) mass is 274 g/mol. The van der Waals surface area contributed by atoms with Gasteiger partial charge in [0.25, 0.3) is 5.91 Å². The van der Waals surface area contributed by atoms with Crippen molar-refractivity contribution in [3.63, 3.8) is 0 Å². The number of carbonyl (C=O) groups is 1. The van der Waals surface area contributed by atoms with Gasteiger partial charge < -0.3 is 19.9 Å². The van der Waals surface area contributed by atoms with E-state index in [0.717, 1.165) is 0 Å². The second-order valence-corrected chi connectivity index (χ2v) is 3.91. The number of ether oxygens (including phenoxy) is 2. The lowest BCUT2D eigenvalue weighted by atomic mass is 10.2. The van der Waals surface area contributed by atoms with E-state index in [1.165, 1.54) is 25.6 Å². The third-order valence-corrected chi connectivity index (χ3v) is 2.70. The molecule has 1 heterocycles. The first-order valence-corrected chi connectivity index (χ1v) is 5.82. The molecule has 0 aliphatic rings. The summed E-state index contributed by atoms with van der Waals surface area (Å²) in [6.45, 7) is 0. The third-order valence-electron chi connectivity index (χ3n) is 2.70. The fourth-order valence-electron chi connectivity index (χ4n) is 1.67. The van der Waals surface area contributed by atoms with Crippen LogP contribution in [0.1, 0.15) is 10.4 Å². The number of aromatic nitrogens is 1. The Morgan fingerprint density at radius 3 is 2.70 bits per heavy atom. The van der Waals surface area contributed by atoms with Crippen molar-refractivity contribution in [1.82, 2.24) is 4.98 Å². The molecule has 0 saturated carbocycles. The van der Waals surface area contributed by atoms with Gasteiger partial charge in [0.05, 0.1) is 31.7 Å². The summed E-state index contributed by atoms with van der Waals surface area (Å²) in [6.07, 6.45) is 2.64. The molecule has 0 aliphatic heterocycles. The maximum atomic E-state index is 12.1. The average Bonchev–Trinajstić information content (AvgIpc) is 2.48. The Balaban J connectivity index is 2.26. The molecule has 0 fully saturated rings. The zero-order valence-corrected chi connectivity index (χ0v) is 11.1. The predicted molar refractivity (Wildman–Crippen MR) is 73.4 cm³/mol. The highest BCUT2D eigenvalue weighted by Crippen LogP contribution is 2.29. The van der Waals surface area contributed by atoms with E-state index in [0.29, 0.717) is 17.2 Å². The van der Waals surface area contributed by atoms with Crippen LogP contribution in [-0.2, 0) is 0 Å². The smallest absolute Gasteiger partial charge is 0.259 e. The summed E-state index contributed by atoms with van der Waals surface area (Å²) in [5, 5.41) is 12.3. The topological polar surface area (TPSA) is 80.7 Å². The lowest BCUT2D eigenvalue weighted by molar-refractivity contribution is 0.102. The molecular weight excluding hydrogens is 260 g/mol. The van der Waals surface area contributed by atoms with Gasteiger partial charge in [-0.3, -0.25) is 9.78 Å². The average molecular weight is 274 g/mol. The molecule has 1 aromatic heterocycles. The fraction of sp³-hybridized carbons (Fsp3) is 0.143. The second-order valence-electron chi connectivity index (χ2n) is 3.91. The minimum atomic E-state index is -0.451. The normalized spacial score (nSPS) is 9.90. The van der Waals surface area contributed by atoms with E-state index in [1.807, 2.05) is 0 Å². The molecule has 0 aliphatic carbocycles. The number of benzene rings is 1. The number of rotatable bonds is 4. The van der Waals surface area contributed by atoms with Crippen molar-refractivity contribution in [2.24, 2.45) is 0 Å². The van der Waals surface area contributed by atoms with Crippen LogP contribution in [0.3, 0.4) is 0 Å². The first kappa shape index (κ1) is 13.7. The van der Waals surface area contributed by atoms with E-state index < -0.39 is 5.91 Å². The molecular formula is C14H14N2O4. The van der Waals surface area contributed by atoms with Gasteiger partial charge in [-0.05, 0) is 18.2 Å². The number of anilines is 1. The Morgan fingerprint density at radius 2 is 2.05 bits per heavy atom. The van der Waals surface area contributed by atoms with Gasteiger partial charge >= 0.3 is 0 Å². The van der Waals surface area contributed by atoms with Gasteiger partial charge in [0.15, 0.2) is 0 Å². The Kier molecular flexibility index (Phi) is 4.05. The zero-order chi connectivity index (χ0) is 14.5. The highest BCUT2D eigenvalue weighted by Gasteiger charge is 2.13. The number of pyridine rings is 1. The van der Waals surface area contributed by atoms with Crippen LogP contribution in [0.2, 0.25) is 0 Å². The maximum Gasteiger partial charge on any atom is 0.259 e. The molecule has 0 atom stereocenters. The molecule has 2 aromatic rings. The molecule has 1 aromatic carbocycles. The highest BCUT2D eigenvalue weighted by atomic mass is 16.5. The molecule has 0 spiro atoms. The van der Waals surface area contributed by atoms with Crippen LogP contribution in [0.15, 0.2) is 36.7 Å².